The van der Waals surface area contributed by atoms with E-state index in [1.165, 1.54) is 23.1 Å². The normalized spacial score (nSPS) is 11.5. The Bertz CT molecular complexity index is 1050. The van der Waals surface area contributed by atoms with Crippen LogP contribution in [-0.4, -0.2) is 21.4 Å². The molecule has 0 aliphatic carbocycles. The van der Waals surface area contributed by atoms with E-state index in [1.807, 2.05) is 25.1 Å². The Labute approximate surface area is 175 Å². The Kier molecular flexibility index (Phi) is 6.52. The van der Waals surface area contributed by atoms with Crippen molar-refractivity contribution in [3.63, 3.8) is 0 Å². The van der Waals surface area contributed by atoms with Gasteiger partial charge in [-0.15, -0.1) is 10.2 Å². The van der Waals surface area contributed by atoms with Crippen molar-refractivity contribution in [1.29, 1.82) is 5.26 Å². The van der Waals surface area contributed by atoms with Gasteiger partial charge in [-0.3, -0.25) is 4.79 Å². The molecule has 0 fully saturated rings. The van der Waals surface area contributed by atoms with Gasteiger partial charge in [-0.05, 0) is 43.7 Å². The molecule has 0 aliphatic heterocycles. The SMILES string of the molecule is Cc1ccc(Nc2nnc(SC(C)C(=O)Nc3ccccc3C#N)s2)cc1Cl. The number of carbonyl (C=O) groups excluding carboxylic acids is 1. The summed E-state index contributed by atoms with van der Waals surface area (Å²) in [5.74, 6) is -0.206. The third kappa shape index (κ3) is 5.01. The lowest BCUT2D eigenvalue weighted by Crippen LogP contribution is -2.22. The number of nitrogens with zero attached hydrogens (tertiary/aromatic N) is 3. The molecule has 0 spiro atoms. The van der Waals surface area contributed by atoms with Crippen LogP contribution in [0.5, 0.6) is 0 Å². The third-order valence-electron chi connectivity index (χ3n) is 3.78. The predicted molar refractivity (Wildman–Crippen MR) is 114 cm³/mol. The second kappa shape index (κ2) is 9.06. The van der Waals surface area contributed by atoms with Gasteiger partial charge in [0.2, 0.25) is 11.0 Å². The molecule has 1 atom stereocenters. The first-order valence-electron chi connectivity index (χ1n) is 8.29. The van der Waals surface area contributed by atoms with E-state index in [0.717, 1.165) is 11.3 Å². The number of benzene rings is 2. The Balaban J connectivity index is 1.61. The van der Waals surface area contributed by atoms with Crippen molar-refractivity contribution in [2.75, 3.05) is 10.6 Å². The van der Waals surface area contributed by atoms with Gasteiger partial charge in [0.25, 0.3) is 0 Å². The second-order valence-corrected chi connectivity index (χ2v) is 8.84. The summed E-state index contributed by atoms with van der Waals surface area (Å²) in [5, 5.41) is 24.2. The molecular weight excluding hydrogens is 414 g/mol. The molecule has 0 saturated carbocycles. The van der Waals surface area contributed by atoms with Crippen molar-refractivity contribution in [3.05, 3.63) is 58.6 Å². The predicted octanol–water partition coefficient (Wildman–Crippen LogP) is 5.23. The van der Waals surface area contributed by atoms with Gasteiger partial charge in [-0.25, -0.2) is 0 Å². The van der Waals surface area contributed by atoms with Crippen LogP contribution in [0.3, 0.4) is 0 Å². The number of nitriles is 1. The van der Waals surface area contributed by atoms with Crippen molar-refractivity contribution < 1.29 is 4.79 Å². The number of thioether (sulfide) groups is 1. The summed E-state index contributed by atoms with van der Waals surface area (Å²) in [7, 11) is 0. The summed E-state index contributed by atoms with van der Waals surface area (Å²) in [4.78, 5) is 12.4. The molecule has 3 rings (SSSR count). The summed E-state index contributed by atoms with van der Waals surface area (Å²) in [6, 6.07) is 14.6. The largest absolute Gasteiger partial charge is 0.330 e. The lowest BCUT2D eigenvalue weighted by Gasteiger charge is -2.11. The van der Waals surface area contributed by atoms with Gasteiger partial charge in [0.15, 0.2) is 4.34 Å². The molecular formula is C19H16ClN5OS2. The minimum absolute atomic E-state index is 0.206. The van der Waals surface area contributed by atoms with E-state index in [1.54, 1.807) is 31.2 Å². The Hall–Kier alpha value is -2.60. The highest BCUT2D eigenvalue weighted by Crippen LogP contribution is 2.31. The molecule has 1 amide bonds. The van der Waals surface area contributed by atoms with E-state index in [-0.39, 0.29) is 5.91 Å². The van der Waals surface area contributed by atoms with Gasteiger partial charge < -0.3 is 10.6 Å². The smallest absolute Gasteiger partial charge is 0.237 e. The minimum Gasteiger partial charge on any atom is -0.330 e. The number of hydrogen-bond donors (Lipinski definition) is 2. The number of amides is 1. The first kappa shape index (κ1) is 20.1. The van der Waals surface area contributed by atoms with Crippen LogP contribution in [0.25, 0.3) is 0 Å². The highest BCUT2D eigenvalue weighted by molar-refractivity contribution is 8.02. The van der Waals surface area contributed by atoms with Crippen molar-refractivity contribution >= 4 is 57.1 Å². The van der Waals surface area contributed by atoms with Gasteiger partial charge >= 0.3 is 0 Å². The number of halogens is 1. The monoisotopic (exact) mass is 429 g/mol. The van der Waals surface area contributed by atoms with E-state index < -0.39 is 5.25 Å². The van der Waals surface area contributed by atoms with Crippen LogP contribution in [0.1, 0.15) is 18.1 Å². The van der Waals surface area contributed by atoms with Crippen LogP contribution in [0.2, 0.25) is 5.02 Å². The molecule has 9 heteroatoms. The molecule has 1 unspecified atom stereocenters. The molecule has 0 saturated heterocycles. The summed E-state index contributed by atoms with van der Waals surface area (Å²) in [6.45, 7) is 3.72. The van der Waals surface area contributed by atoms with E-state index in [4.69, 9.17) is 16.9 Å². The van der Waals surface area contributed by atoms with Crippen molar-refractivity contribution in [2.24, 2.45) is 0 Å². The molecule has 3 aromatic rings. The number of carbonyl (C=O) groups is 1. The summed E-state index contributed by atoms with van der Waals surface area (Å²) in [6.07, 6.45) is 0. The molecule has 0 bridgehead atoms. The highest BCUT2D eigenvalue weighted by atomic mass is 35.5. The number of hydrogen-bond acceptors (Lipinski definition) is 7. The van der Waals surface area contributed by atoms with Crippen LogP contribution >= 0.6 is 34.7 Å². The molecule has 2 aromatic carbocycles. The van der Waals surface area contributed by atoms with Gasteiger partial charge in [-0.2, -0.15) is 5.26 Å². The van der Waals surface area contributed by atoms with Gasteiger partial charge in [0, 0.05) is 10.7 Å². The zero-order valence-corrected chi connectivity index (χ0v) is 17.5. The van der Waals surface area contributed by atoms with Gasteiger partial charge in [-0.1, -0.05) is 52.9 Å². The molecule has 1 aromatic heterocycles. The Morgan fingerprint density at radius 1 is 1.29 bits per heavy atom. The summed E-state index contributed by atoms with van der Waals surface area (Å²) < 4.78 is 0.664. The zero-order valence-electron chi connectivity index (χ0n) is 15.1. The van der Waals surface area contributed by atoms with Crippen molar-refractivity contribution in [1.82, 2.24) is 10.2 Å². The number of para-hydroxylation sites is 1. The fourth-order valence-corrected chi connectivity index (χ4v) is 4.33. The number of aryl methyl sites for hydroxylation is 1. The average molecular weight is 430 g/mol. The topological polar surface area (TPSA) is 90.7 Å². The van der Waals surface area contributed by atoms with E-state index in [0.29, 0.717) is 25.7 Å². The van der Waals surface area contributed by atoms with Crippen LogP contribution in [0.15, 0.2) is 46.8 Å². The summed E-state index contributed by atoms with van der Waals surface area (Å²) >= 11 is 8.79. The van der Waals surface area contributed by atoms with Crippen LogP contribution in [0, 0.1) is 18.3 Å². The average Bonchev–Trinajstić information content (AvgIpc) is 3.12. The Morgan fingerprint density at radius 3 is 2.82 bits per heavy atom. The maximum absolute atomic E-state index is 12.4. The Morgan fingerprint density at radius 2 is 2.07 bits per heavy atom. The van der Waals surface area contributed by atoms with Crippen molar-refractivity contribution in [3.8, 4) is 6.07 Å². The van der Waals surface area contributed by atoms with E-state index >= 15 is 0 Å². The molecule has 142 valence electrons. The molecule has 0 aliphatic rings. The number of rotatable bonds is 6. The first-order chi connectivity index (χ1) is 13.5. The van der Waals surface area contributed by atoms with Crippen LogP contribution < -0.4 is 10.6 Å². The lowest BCUT2D eigenvalue weighted by atomic mass is 10.2. The number of aromatic nitrogens is 2. The molecule has 2 N–H and O–H groups in total. The molecule has 6 nitrogen and oxygen atoms in total. The van der Waals surface area contributed by atoms with Crippen molar-refractivity contribution in [2.45, 2.75) is 23.4 Å². The van der Waals surface area contributed by atoms with E-state index in [9.17, 15) is 4.79 Å². The van der Waals surface area contributed by atoms with Crippen LogP contribution in [-0.2, 0) is 4.79 Å². The minimum atomic E-state index is -0.402. The maximum atomic E-state index is 12.4. The van der Waals surface area contributed by atoms with Crippen LogP contribution in [0.4, 0.5) is 16.5 Å². The fourth-order valence-electron chi connectivity index (χ4n) is 2.23. The first-order valence-corrected chi connectivity index (χ1v) is 10.4. The number of anilines is 3. The highest BCUT2D eigenvalue weighted by Gasteiger charge is 2.18. The quantitative estimate of drug-likeness (QED) is 0.521. The molecule has 1 heterocycles. The fraction of sp³-hybridized carbons (Fsp3) is 0.158. The number of nitrogens with one attached hydrogen (secondary N) is 2. The summed E-state index contributed by atoms with van der Waals surface area (Å²) in [5.41, 5.74) is 2.74. The van der Waals surface area contributed by atoms with E-state index in [2.05, 4.69) is 26.9 Å². The lowest BCUT2D eigenvalue weighted by molar-refractivity contribution is -0.115. The standard InChI is InChI=1S/C19H16ClN5OS2/c1-11-7-8-14(9-15(11)20)22-18-24-25-19(28-18)27-12(2)17(26)23-16-6-4-3-5-13(16)10-21/h3-9,12H,1-2H3,(H,22,24)(H,23,26). The maximum Gasteiger partial charge on any atom is 0.237 e. The molecule has 0 radical (unpaired) electrons. The van der Waals surface area contributed by atoms with Gasteiger partial charge in [0.05, 0.1) is 16.5 Å². The van der Waals surface area contributed by atoms with Gasteiger partial charge in [0.1, 0.15) is 6.07 Å². The zero-order chi connectivity index (χ0) is 20.1. The second-order valence-electron chi connectivity index (χ2n) is 5.87. The molecule has 28 heavy (non-hydrogen) atoms. The third-order valence-corrected chi connectivity index (χ3v) is 6.21.